The predicted octanol–water partition coefficient (Wildman–Crippen LogP) is 7.57. The monoisotopic (exact) mass is 597 g/mol. The lowest BCUT2D eigenvalue weighted by molar-refractivity contribution is -0.117. The zero-order valence-electron chi connectivity index (χ0n) is 20.1. The van der Waals surface area contributed by atoms with Crippen LogP contribution in [0.5, 0.6) is 0 Å². The number of fused-ring (bicyclic) bond motifs is 1. The highest BCUT2D eigenvalue weighted by Gasteiger charge is 2.48. The van der Waals surface area contributed by atoms with Gasteiger partial charge in [-0.15, -0.1) is 10.2 Å². The van der Waals surface area contributed by atoms with E-state index in [1.807, 2.05) is 12.1 Å². The third-order valence-corrected chi connectivity index (χ3v) is 8.79. The van der Waals surface area contributed by atoms with Gasteiger partial charge in [-0.2, -0.15) is 0 Å². The van der Waals surface area contributed by atoms with Crippen LogP contribution >= 0.6 is 46.3 Å². The van der Waals surface area contributed by atoms with E-state index < -0.39 is 23.5 Å². The van der Waals surface area contributed by atoms with Crippen LogP contribution in [0, 0.1) is 6.92 Å². The van der Waals surface area contributed by atoms with Gasteiger partial charge in [0.2, 0.25) is 10.9 Å². The van der Waals surface area contributed by atoms with Crippen molar-refractivity contribution in [3.63, 3.8) is 0 Å². The standard InChI is InChI=1S/C27H17Cl2N3O5S2/c1-13-6-9-19(36-13)22-21(23(33)20-10-14-4-2-3-5-18(14)37-20)24(34)25(35)32(22)26-30-31-27(39-26)38-12-15-7-8-16(28)11-17(15)29/h2-11,22,34H,12H2,1H3. The van der Waals surface area contributed by atoms with Crippen LogP contribution in [0.15, 0.2) is 85.2 Å². The van der Waals surface area contributed by atoms with Crippen molar-refractivity contribution in [2.45, 2.75) is 23.1 Å². The number of ketones is 1. The fourth-order valence-corrected chi connectivity index (χ4v) is 6.69. The number of aromatic nitrogens is 2. The first-order valence-corrected chi connectivity index (χ1v) is 14.1. The van der Waals surface area contributed by atoms with Crippen molar-refractivity contribution in [1.29, 1.82) is 0 Å². The third kappa shape index (κ3) is 4.74. The molecule has 1 amide bonds. The second kappa shape index (κ2) is 10.2. The Labute approximate surface area is 239 Å². The number of para-hydroxylation sites is 1. The van der Waals surface area contributed by atoms with Gasteiger partial charge in [0.1, 0.15) is 23.1 Å². The zero-order valence-corrected chi connectivity index (χ0v) is 23.2. The van der Waals surface area contributed by atoms with Crippen molar-refractivity contribution in [1.82, 2.24) is 10.2 Å². The molecule has 0 fully saturated rings. The van der Waals surface area contributed by atoms with Crippen molar-refractivity contribution in [3.05, 3.63) is 105 Å². The highest BCUT2D eigenvalue weighted by molar-refractivity contribution is 8.00. The van der Waals surface area contributed by atoms with Gasteiger partial charge in [-0.25, -0.2) is 0 Å². The molecule has 0 aliphatic carbocycles. The highest BCUT2D eigenvalue weighted by atomic mass is 35.5. The van der Waals surface area contributed by atoms with Gasteiger partial charge >= 0.3 is 0 Å². The van der Waals surface area contributed by atoms with Gasteiger partial charge < -0.3 is 13.9 Å². The number of aryl methyl sites for hydroxylation is 1. The quantitative estimate of drug-likeness (QED) is 0.116. The summed E-state index contributed by atoms with van der Waals surface area (Å²) in [5.74, 6) is -0.754. The molecule has 0 spiro atoms. The molecule has 1 unspecified atom stereocenters. The molecule has 0 bridgehead atoms. The molecule has 1 aliphatic rings. The molecule has 0 saturated carbocycles. The van der Waals surface area contributed by atoms with Gasteiger partial charge in [0.25, 0.3) is 5.91 Å². The number of benzene rings is 2. The van der Waals surface area contributed by atoms with Crippen molar-refractivity contribution in [2.24, 2.45) is 0 Å². The number of amides is 1. The summed E-state index contributed by atoms with van der Waals surface area (Å²) in [6, 6.07) is 16.3. The Kier molecular flexibility index (Phi) is 6.72. The summed E-state index contributed by atoms with van der Waals surface area (Å²) < 4.78 is 12.1. The van der Waals surface area contributed by atoms with E-state index in [0.29, 0.717) is 37.2 Å². The fraction of sp³-hybridized carbons (Fsp3) is 0.111. The average molecular weight is 598 g/mol. The summed E-state index contributed by atoms with van der Waals surface area (Å²) in [7, 11) is 0. The first-order chi connectivity index (χ1) is 18.8. The number of carbonyl (C=O) groups excluding carboxylic acids is 2. The molecule has 2 aromatic carbocycles. The molecule has 5 aromatic rings. The number of rotatable bonds is 7. The van der Waals surface area contributed by atoms with Gasteiger partial charge in [-0.3, -0.25) is 14.5 Å². The molecule has 12 heteroatoms. The van der Waals surface area contributed by atoms with E-state index in [4.69, 9.17) is 32.0 Å². The number of aliphatic hydroxyl groups excluding tert-OH is 1. The Bertz CT molecular complexity index is 1760. The Morgan fingerprint density at radius 1 is 1.10 bits per heavy atom. The smallest absolute Gasteiger partial charge is 0.296 e. The number of halogens is 2. The summed E-state index contributed by atoms with van der Waals surface area (Å²) in [5, 5.41) is 21.4. The lowest BCUT2D eigenvalue weighted by atomic mass is 10.00. The minimum Gasteiger partial charge on any atom is -0.503 e. The van der Waals surface area contributed by atoms with Crippen LogP contribution < -0.4 is 4.90 Å². The SMILES string of the molecule is Cc1ccc(C2C(C(=O)c3cc4ccccc4o3)=C(O)C(=O)N2c2nnc(SCc3ccc(Cl)cc3Cl)s2)o1. The molecule has 0 saturated heterocycles. The maximum absolute atomic E-state index is 13.7. The minimum atomic E-state index is -1.07. The number of nitrogens with zero attached hydrogens (tertiary/aromatic N) is 3. The number of thioether (sulfide) groups is 1. The van der Waals surface area contributed by atoms with E-state index in [9.17, 15) is 14.7 Å². The summed E-state index contributed by atoms with van der Waals surface area (Å²) in [4.78, 5) is 28.3. The largest absolute Gasteiger partial charge is 0.503 e. The van der Waals surface area contributed by atoms with Gasteiger partial charge in [0.05, 0.1) is 5.57 Å². The average Bonchev–Trinajstić information content (AvgIpc) is 3.70. The molecule has 3 aromatic heterocycles. The topological polar surface area (TPSA) is 110 Å². The van der Waals surface area contributed by atoms with E-state index >= 15 is 0 Å². The third-order valence-electron chi connectivity index (χ3n) is 6.10. The Hall–Kier alpha value is -3.57. The lowest BCUT2D eigenvalue weighted by Crippen LogP contribution is -2.30. The Balaban J connectivity index is 1.34. The molecule has 4 heterocycles. The maximum atomic E-state index is 13.7. The zero-order chi connectivity index (χ0) is 27.3. The van der Waals surface area contributed by atoms with Crippen molar-refractivity contribution >= 4 is 74.1 Å². The van der Waals surface area contributed by atoms with Crippen LogP contribution in [0.25, 0.3) is 11.0 Å². The number of anilines is 1. The maximum Gasteiger partial charge on any atom is 0.296 e. The highest BCUT2D eigenvalue weighted by Crippen LogP contribution is 2.44. The van der Waals surface area contributed by atoms with E-state index in [0.717, 1.165) is 22.3 Å². The van der Waals surface area contributed by atoms with Crippen LogP contribution in [0.4, 0.5) is 5.13 Å². The predicted molar refractivity (Wildman–Crippen MR) is 150 cm³/mol. The van der Waals surface area contributed by atoms with Crippen molar-refractivity contribution in [2.75, 3.05) is 4.90 Å². The van der Waals surface area contributed by atoms with Gasteiger partial charge in [-0.1, -0.05) is 70.6 Å². The first-order valence-electron chi connectivity index (χ1n) is 11.6. The van der Waals surface area contributed by atoms with Crippen LogP contribution in [0.1, 0.15) is 33.7 Å². The number of aliphatic hydroxyl groups is 1. The fourth-order valence-electron chi connectivity index (χ4n) is 4.27. The van der Waals surface area contributed by atoms with Crippen LogP contribution in [0.3, 0.4) is 0 Å². The molecule has 0 radical (unpaired) electrons. The molecule has 1 atom stereocenters. The number of furan rings is 2. The number of hydrogen-bond donors (Lipinski definition) is 1. The van der Waals surface area contributed by atoms with Crippen LogP contribution in [-0.2, 0) is 10.5 Å². The number of hydrogen-bond acceptors (Lipinski definition) is 9. The van der Waals surface area contributed by atoms with E-state index in [-0.39, 0.29) is 16.5 Å². The molecule has 1 aliphatic heterocycles. The summed E-state index contributed by atoms with van der Waals surface area (Å²) in [6.07, 6.45) is 0. The first kappa shape index (κ1) is 25.7. The van der Waals surface area contributed by atoms with Gasteiger partial charge in [0.15, 0.2) is 15.9 Å². The van der Waals surface area contributed by atoms with Gasteiger partial charge in [-0.05, 0) is 48.9 Å². The van der Waals surface area contributed by atoms with E-state index in [2.05, 4.69) is 10.2 Å². The lowest BCUT2D eigenvalue weighted by Gasteiger charge is -2.21. The van der Waals surface area contributed by atoms with Crippen molar-refractivity contribution in [3.8, 4) is 0 Å². The molecule has 39 heavy (non-hydrogen) atoms. The van der Waals surface area contributed by atoms with Gasteiger partial charge in [0, 0.05) is 21.2 Å². The molecule has 196 valence electrons. The summed E-state index contributed by atoms with van der Waals surface area (Å²) >= 11 is 14.8. The number of carbonyl (C=O) groups is 2. The van der Waals surface area contributed by atoms with Crippen LogP contribution in [-0.4, -0.2) is 27.0 Å². The van der Waals surface area contributed by atoms with Crippen molar-refractivity contribution < 1.29 is 23.5 Å². The molecule has 6 rings (SSSR count). The minimum absolute atomic E-state index is 0.00553. The Morgan fingerprint density at radius 3 is 2.67 bits per heavy atom. The van der Waals surface area contributed by atoms with E-state index in [1.165, 1.54) is 16.7 Å². The second-order valence-corrected chi connectivity index (χ2v) is 11.7. The normalized spacial score (nSPS) is 15.6. The van der Waals surface area contributed by atoms with E-state index in [1.54, 1.807) is 55.5 Å². The molecule has 1 N–H and O–H groups in total. The molecular formula is C27H17Cl2N3O5S2. The molecule has 8 nitrogen and oxygen atoms in total. The van der Waals surface area contributed by atoms with Crippen LogP contribution in [0.2, 0.25) is 10.0 Å². The number of Topliss-reactive ketones (excluding diaryl/α,β-unsaturated/α-hetero) is 1. The molecular weight excluding hydrogens is 581 g/mol. The summed E-state index contributed by atoms with van der Waals surface area (Å²) in [5.41, 5.74) is 1.21. The second-order valence-electron chi connectivity index (χ2n) is 8.64. The Morgan fingerprint density at radius 2 is 1.92 bits per heavy atom. The summed E-state index contributed by atoms with van der Waals surface area (Å²) in [6.45, 7) is 1.75.